The Kier molecular flexibility index (Phi) is 4.75. The molecule has 0 spiro atoms. The highest BCUT2D eigenvalue weighted by atomic mass is 16.6. The maximum Gasteiger partial charge on any atom is 0.323 e. The number of methoxy groups -OCH3 is 2. The van der Waals surface area contributed by atoms with Gasteiger partial charge in [-0.1, -0.05) is 0 Å². The van der Waals surface area contributed by atoms with E-state index in [2.05, 4.69) is 15.3 Å². The van der Waals surface area contributed by atoms with E-state index in [1.54, 1.807) is 6.07 Å². The van der Waals surface area contributed by atoms with Crippen LogP contribution < -0.4 is 19.5 Å². The molecule has 1 aliphatic heterocycles. The van der Waals surface area contributed by atoms with Crippen molar-refractivity contribution in [3.05, 3.63) is 6.07 Å². The molecule has 106 valence electrons. The Labute approximate surface area is 112 Å². The zero-order valence-electron chi connectivity index (χ0n) is 11.4. The summed E-state index contributed by atoms with van der Waals surface area (Å²) in [6.45, 7) is 4.02. The fourth-order valence-electron chi connectivity index (χ4n) is 1.80. The average molecular weight is 269 g/mol. The molecule has 1 fully saturated rings. The van der Waals surface area contributed by atoms with Crippen molar-refractivity contribution in [2.75, 3.05) is 33.9 Å². The Morgan fingerprint density at radius 1 is 1.26 bits per heavy atom. The Balaban J connectivity index is 1.94. The number of aromatic nitrogens is 2. The van der Waals surface area contributed by atoms with E-state index in [0.717, 1.165) is 13.1 Å². The molecule has 0 aromatic carbocycles. The second-order valence-electron chi connectivity index (χ2n) is 4.27. The number of hydrogen-bond acceptors (Lipinski definition) is 7. The van der Waals surface area contributed by atoms with Gasteiger partial charge in [0.15, 0.2) is 0 Å². The summed E-state index contributed by atoms with van der Waals surface area (Å²) in [7, 11) is 3.06. The van der Waals surface area contributed by atoms with Gasteiger partial charge in [-0.3, -0.25) is 0 Å². The first-order valence-corrected chi connectivity index (χ1v) is 6.17. The van der Waals surface area contributed by atoms with Gasteiger partial charge in [0.05, 0.1) is 26.4 Å². The molecule has 1 N–H and O–H groups in total. The minimum absolute atomic E-state index is 0.00968. The van der Waals surface area contributed by atoms with Gasteiger partial charge in [-0.2, -0.15) is 9.97 Å². The average Bonchev–Trinajstić information content (AvgIpc) is 2.44. The molecule has 2 heterocycles. The Hall–Kier alpha value is -1.60. The first-order valence-electron chi connectivity index (χ1n) is 6.17. The third kappa shape index (κ3) is 3.93. The van der Waals surface area contributed by atoms with E-state index in [1.165, 1.54) is 14.2 Å². The molecule has 0 saturated carbocycles. The predicted molar refractivity (Wildman–Crippen MR) is 67.8 cm³/mol. The number of morpholine rings is 1. The molecule has 1 saturated heterocycles. The van der Waals surface area contributed by atoms with Crippen molar-refractivity contribution < 1.29 is 18.9 Å². The summed E-state index contributed by atoms with van der Waals surface area (Å²) in [5, 5.41) is 3.27. The lowest BCUT2D eigenvalue weighted by Crippen LogP contribution is -2.45. The first-order chi connectivity index (χ1) is 9.21. The highest BCUT2D eigenvalue weighted by Crippen LogP contribution is 2.19. The smallest absolute Gasteiger partial charge is 0.323 e. The van der Waals surface area contributed by atoms with E-state index in [0.29, 0.717) is 18.4 Å². The number of hydrogen-bond donors (Lipinski definition) is 1. The Bertz CT molecular complexity index is 394. The van der Waals surface area contributed by atoms with Crippen molar-refractivity contribution >= 4 is 0 Å². The number of nitrogens with one attached hydrogen (secondary N) is 1. The molecule has 7 nitrogen and oxygen atoms in total. The molecule has 2 rings (SSSR count). The van der Waals surface area contributed by atoms with Crippen molar-refractivity contribution in [3.63, 3.8) is 0 Å². The van der Waals surface area contributed by atoms with Crippen molar-refractivity contribution in [2.45, 2.75) is 19.1 Å². The number of rotatable bonds is 5. The quantitative estimate of drug-likeness (QED) is 0.821. The second kappa shape index (κ2) is 6.53. The van der Waals surface area contributed by atoms with Crippen LogP contribution in [0, 0.1) is 0 Å². The van der Waals surface area contributed by atoms with Crippen LogP contribution in [0.2, 0.25) is 0 Å². The minimum Gasteiger partial charge on any atom is -0.481 e. The fraction of sp³-hybridized carbons (Fsp3) is 0.667. The summed E-state index contributed by atoms with van der Waals surface area (Å²) in [5.41, 5.74) is 0. The maximum absolute atomic E-state index is 5.72. The van der Waals surface area contributed by atoms with E-state index < -0.39 is 0 Å². The van der Waals surface area contributed by atoms with Gasteiger partial charge in [0.25, 0.3) is 0 Å². The number of nitrogens with zero attached hydrogens (tertiary/aromatic N) is 2. The molecule has 19 heavy (non-hydrogen) atoms. The van der Waals surface area contributed by atoms with E-state index in [1.807, 2.05) is 6.92 Å². The molecule has 1 aliphatic rings. The molecule has 2 atom stereocenters. The van der Waals surface area contributed by atoms with Crippen LogP contribution in [0.1, 0.15) is 6.92 Å². The van der Waals surface area contributed by atoms with Crippen LogP contribution >= 0.6 is 0 Å². The highest BCUT2D eigenvalue weighted by Gasteiger charge is 2.20. The topological polar surface area (TPSA) is 74.7 Å². The zero-order valence-corrected chi connectivity index (χ0v) is 11.4. The summed E-state index contributed by atoms with van der Waals surface area (Å²) < 4.78 is 21.4. The highest BCUT2D eigenvalue weighted by molar-refractivity contribution is 5.22. The largest absolute Gasteiger partial charge is 0.481 e. The first kappa shape index (κ1) is 13.8. The van der Waals surface area contributed by atoms with Crippen LogP contribution in [0.15, 0.2) is 6.07 Å². The van der Waals surface area contributed by atoms with Gasteiger partial charge in [0.1, 0.15) is 12.7 Å². The molecule has 0 bridgehead atoms. The van der Waals surface area contributed by atoms with Crippen LogP contribution in [0.3, 0.4) is 0 Å². The monoisotopic (exact) mass is 269 g/mol. The molecule has 0 aliphatic carbocycles. The maximum atomic E-state index is 5.72. The van der Waals surface area contributed by atoms with Crippen molar-refractivity contribution in [1.29, 1.82) is 0 Å². The molecule has 1 aromatic rings. The van der Waals surface area contributed by atoms with E-state index in [9.17, 15) is 0 Å². The zero-order chi connectivity index (χ0) is 13.7. The predicted octanol–water partition coefficient (Wildman–Crippen LogP) is 0.250. The number of ether oxygens (including phenoxy) is 4. The summed E-state index contributed by atoms with van der Waals surface area (Å²) in [6, 6.07) is 1.81. The molecule has 1 aromatic heterocycles. The van der Waals surface area contributed by atoms with Crippen molar-refractivity contribution in [2.24, 2.45) is 0 Å². The molecular formula is C12H19N3O4. The summed E-state index contributed by atoms with van der Waals surface area (Å²) in [5.74, 6) is 0.802. The van der Waals surface area contributed by atoms with Gasteiger partial charge >= 0.3 is 6.01 Å². The molecule has 2 unspecified atom stereocenters. The normalized spacial score (nSPS) is 22.9. The van der Waals surface area contributed by atoms with Crippen molar-refractivity contribution in [3.8, 4) is 17.8 Å². The van der Waals surface area contributed by atoms with Gasteiger partial charge in [0.2, 0.25) is 11.8 Å². The molecule has 7 heteroatoms. The van der Waals surface area contributed by atoms with Crippen LogP contribution in [0.5, 0.6) is 17.8 Å². The standard InChI is InChI=1S/C12H19N3O4/c1-8-5-13-6-9(19-8)7-18-12-14-10(16-2)4-11(15-12)17-3/h4,8-9,13H,5-7H2,1-3H3. The SMILES string of the molecule is COc1cc(OC)nc(OCC2CNCC(C)O2)n1. The van der Waals surface area contributed by atoms with Crippen LogP contribution in [-0.2, 0) is 4.74 Å². The van der Waals surface area contributed by atoms with Crippen LogP contribution in [0.25, 0.3) is 0 Å². The molecule has 0 radical (unpaired) electrons. The van der Waals surface area contributed by atoms with E-state index >= 15 is 0 Å². The van der Waals surface area contributed by atoms with Gasteiger partial charge in [0, 0.05) is 13.1 Å². The lowest BCUT2D eigenvalue weighted by molar-refractivity contribution is -0.0484. The Morgan fingerprint density at radius 3 is 2.53 bits per heavy atom. The fourth-order valence-corrected chi connectivity index (χ4v) is 1.80. The summed E-state index contributed by atoms with van der Waals surface area (Å²) in [6.07, 6.45) is 0.174. The van der Waals surface area contributed by atoms with Gasteiger partial charge in [-0.25, -0.2) is 0 Å². The van der Waals surface area contributed by atoms with E-state index in [-0.39, 0.29) is 18.2 Å². The van der Waals surface area contributed by atoms with Crippen LogP contribution in [-0.4, -0.2) is 56.1 Å². The lowest BCUT2D eigenvalue weighted by atomic mass is 10.2. The summed E-state index contributed by atoms with van der Waals surface area (Å²) >= 11 is 0. The Morgan fingerprint density at radius 2 is 1.95 bits per heavy atom. The molecular weight excluding hydrogens is 250 g/mol. The third-order valence-corrected chi connectivity index (χ3v) is 2.70. The van der Waals surface area contributed by atoms with Crippen molar-refractivity contribution in [1.82, 2.24) is 15.3 Å². The lowest BCUT2D eigenvalue weighted by Gasteiger charge is -2.28. The van der Waals surface area contributed by atoms with Gasteiger partial charge in [-0.15, -0.1) is 0 Å². The van der Waals surface area contributed by atoms with E-state index in [4.69, 9.17) is 18.9 Å². The second-order valence-corrected chi connectivity index (χ2v) is 4.27. The third-order valence-electron chi connectivity index (χ3n) is 2.70. The minimum atomic E-state index is -0.00968. The summed E-state index contributed by atoms with van der Waals surface area (Å²) in [4.78, 5) is 8.18. The van der Waals surface area contributed by atoms with Gasteiger partial charge < -0.3 is 24.3 Å². The molecule has 0 amide bonds. The van der Waals surface area contributed by atoms with Crippen LogP contribution in [0.4, 0.5) is 0 Å². The van der Waals surface area contributed by atoms with Gasteiger partial charge in [-0.05, 0) is 6.92 Å².